The number of benzene rings is 2. The van der Waals surface area contributed by atoms with Crippen molar-refractivity contribution in [3.63, 3.8) is 0 Å². The average Bonchev–Trinajstić information content (AvgIpc) is 2.28. The van der Waals surface area contributed by atoms with Gasteiger partial charge in [0, 0.05) is 20.4 Å². The summed E-state index contributed by atoms with van der Waals surface area (Å²) >= 11 is 12.9. The molecule has 0 radical (unpaired) electrons. The highest BCUT2D eigenvalue weighted by Crippen LogP contribution is 2.28. The molecule has 0 fully saturated rings. The van der Waals surface area contributed by atoms with Gasteiger partial charge in [-0.25, -0.2) is 0 Å². The fourth-order valence-electron chi connectivity index (χ4n) is 1.77. The molecule has 1 atom stereocenters. The number of hydrogen-bond donors (Lipinski definition) is 1. The normalized spacial score (nSPS) is 12.4. The maximum Gasteiger partial charge on any atom is 0.0844 e. The zero-order chi connectivity index (χ0) is 13.1. The average molecular weight is 391 g/mol. The molecule has 2 aromatic carbocycles. The van der Waals surface area contributed by atoms with Crippen LogP contribution in [0.1, 0.15) is 17.2 Å². The van der Waals surface area contributed by atoms with Crippen LogP contribution in [-0.2, 0) is 6.42 Å². The van der Waals surface area contributed by atoms with E-state index in [1.54, 1.807) is 6.07 Å². The van der Waals surface area contributed by atoms with Crippen molar-refractivity contribution < 1.29 is 5.11 Å². The molecule has 4 heteroatoms. The SMILES string of the molecule is OC(Cc1cccc(Br)c1)c1ccc(Br)cc1Cl. The second-order valence-electron chi connectivity index (χ2n) is 4.02. The van der Waals surface area contributed by atoms with Gasteiger partial charge >= 0.3 is 0 Å². The quantitative estimate of drug-likeness (QED) is 0.769. The molecule has 94 valence electrons. The molecule has 1 unspecified atom stereocenters. The van der Waals surface area contributed by atoms with Crippen LogP contribution in [0.4, 0.5) is 0 Å². The maximum atomic E-state index is 10.2. The van der Waals surface area contributed by atoms with E-state index >= 15 is 0 Å². The Morgan fingerprint density at radius 2 is 1.78 bits per heavy atom. The predicted octanol–water partition coefficient (Wildman–Crippen LogP) is 5.14. The van der Waals surface area contributed by atoms with Gasteiger partial charge < -0.3 is 5.11 Å². The van der Waals surface area contributed by atoms with Crippen LogP contribution in [0, 0.1) is 0 Å². The monoisotopic (exact) mass is 388 g/mol. The molecule has 0 saturated carbocycles. The molecule has 2 aromatic rings. The molecular formula is C14H11Br2ClO. The highest BCUT2D eigenvalue weighted by molar-refractivity contribution is 9.10. The van der Waals surface area contributed by atoms with E-state index < -0.39 is 6.10 Å². The Morgan fingerprint density at radius 3 is 2.44 bits per heavy atom. The van der Waals surface area contributed by atoms with E-state index in [1.807, 2.05) is 36.4 Å². The minimum absolute atomic E-state index is 0.542. The predicted molar refractivity (Wildman–Crippen MR) is 82.0 cm³/mol. The minimum atomic E-state index is -0.597. The highest BCUT2D eigenvalue weighted by atomic mass is 79.9. The summed E-state index contributed by atoms with van der Waals surface area (Å²) in [6.07, 6.45) is -0.0549. The molecule has 0 aliphatic carbocycles. The summed E-state index contributed by atoms with van der Waals surface area (Å²) in [5.74, 6) is 0. The molecule has 1 nitrogen and oxygen atoms in total. The molecule has 0 spiro atoms. The first kappa shape index (κ1) is 14.1. The molecule has 0 saturated heterocycles. The Hall–Kier alpha value is -0.350. The summed E-state index contributed by atoms with van der Waals surface area (Å²) in [6, 6.07) is 13.4. The van der Waals surface area contributed by atoms with Crippen LogP contribution in [0.2, 0.25) is 5.02 Å². The molecule has 0 aliphatic rings. The molecule has 0 aromatic heterocycles. The Bertz CT molecular complexity index is 557. The van der Waals surface area contributed by atoms with Gasteiger partial charge in [0.05, 0.1) is 6.10 Å². The molecule has 1 N–H and O–H groups in total. The molecule has 0 amide bonds. The van der Waals surface area contributed by atoms with Crippen molar-refractivity contribution in [1.82, 2.24) is 0 Å². The fraction of sp³-hybridized carbons (Fsp3) is 0.143. The number of aliphatic hydroxyl groups is 1. The van der Waals surface area contributed by atoms with Gasteiger partial charge in [-0.3, -0.25) is 0 Å². The van der Waals surface area contributed by atoms with Crippen molar-refractivity contribution in [3.05, 3.63) is 67.6 Å². The lowest BCUT2D eigenvalue weighted by atomic mass is 10.0. The smallest absolute Gasteiger partial charge is 0.0844 e. The molecule has 18 heavy (non-hydrogen) atoms. The third-order valence-electron chi connectivity index (χ3n) is 2.64. The lowest BCUT2D eigenvalue weighted by Gasteiger charge is -2.13. The topological polar surface area (TPSA) is 20.2 Å². The highest BCUT2D eigenvalue weighted by Gasteiger charge is 2.12. The van der Waals surface area contributed by atoms with E-state index in [4.69, 9.17) is 11.6 Å². The first-order chi connectivity index (χ1) is 8.56. The number of aliphatic hydroxyl groups excluding tert-OH is 1. The third kappa shape index (κ3) is 3.58. The zero-order valence-electron chi connectivity index (χ0n) is 9.41. The Labute approximate surface area is 128 Å². The van der Waals surface area contributed by atoms with Gasteiger partial charge in [-0.05, 0) is 35.4 Å². The van der Waals surface area contributed by atoms with E-state index in [9.17, 15) is 5.11 Å². The summed E-state index contributed by atoms with van der Waals surface area (Å²) in [7, 11) is 0. The van der Waals surface area contributed by atoms with Gasteiger partial charge in [0.2, 0.25) is 0 Å². The van der Waals surface area contributed by atoms with Crippen molar-refractivity contribution in [2.45, 2.75) is 12.5 Å². The first-order valence-electron chi connectivity index (χ1n) is 5.44. The van der Waals surface area contributed by atoms with Crippen LogP contribution in [0.15, 0.2) is 51.4 Å². The molecule has 0 aliphatic heterocycles. The van der Waals surface area contributed by atoms with Crippen LogP contribution < -0.4 is 0 Å². The lowest BCUT2D eigenvalue weighted by Crippen LogP contribution is -2.02. The second kappa shape index (κ2) is 6.20. The largest absolute Gasteiger partial charge is 0.388 e. The van der Waals surface area contributed by atoms with E-state index in [2.05, 4.69) is 31.9 Å². The molecular weight excluding hydrogens is 379 g/mol. The van der Waals surface area contributed by atoms with Gasteiger partial charge in [0.15, 0.2) is 0 Å². The summed E-state index contributed by atoms with van der Waals surface area (Å²) < 4.78 is 1.92. The van der Waals surface area contributed by atoms with Crippen LogP contribution in [0.5, 0.6) is 0 Å². The summed E-state index contributed by atoms with van der Waals surface area (Å²) in [5, 5.41) is 10.8. The van der Waals surface area contributed by atoms with Crippen LogP contribution in [0.25, 0.3) is 0 Å². The summed E-state index contributed by atoms with van der Waals surface area (Å²) in [5.41, 5.74) is 1.82. The van der Waals surface area contributed by atoms with Gasteiger partial charge in [-0.2, -0.15) is 0 Å². The van der Waals surface area contributed by atoms with E-state index in [0.29, 0.717) is 11.4 Å². The molecule has 0 heterocycles. The summed E-state index contributed by atoms with van der Waals surface area (Å²) in [4.78, 5) is 0. The Kier molecular flexibility index (Phi) is 4.84. The zero-order valence-corrected chi connectivity index (χ0v) is 13.3. The van der Waals surface area contributed by atoms with Gasteiger partial charge in [-0.15, -0.1) is 0 Å². The van der Waals surface area contributed by atoms with Crippen LogP contribution in [0.3, 0.4) is 0 Å². The number of halogens is 3. The Balaban J connectivity index is 2.19. The van der Waals surface area contributed by atoms with Gasteiger partial charge in [0.1, 0.15) is 0 Å². The second-order valence-corrected chi connectivity index (χ2v) is 6.25. The molecule has 0 bridgehead atoms. The van der Waals surface area contributed by atoms with Crippen LogP contribution in [-0.4, -0.2) is 5.11 Å². The van der Waals surface area contributed by atoms with Crippen molar-refractivity contribution >= 4 is 43.5 Å². The standard InChI is InChI=1S/C14H11Br2ClO/c15-10-3-1-2-9(6-10)7-14(18)12-5-4-11(16)8-13(12)17/h1-6,8,14,18H,7H2. The lowest BCUT2D eigenvalue weighted by molar-refractivity contribution is 0.178. The van der Waals surface area contributed by atoms with Gasteiger partial charge in [-0.1, -0.05) is 61.7 Å². The van der Waals surface area contributed by atoms with Crippen molar-refractivity contribution in [3.8, 4) is 0 Å². The number of rotatable bonds is 3. The van der Waals surface area contributed by atoms with Crippen molar-refractivity contribution in [1.29, 1.82) is 0 Å². The minimum Gasteiger partial charge on any atom is -0.388 e. The first-order valence-corrected chi connectivity index (χ1v) is 7.40. The third-order valence-corrected chi connectivity index (χ3v) is 3.95. The van der Waals surface area contributed by atoms with E-state index in [-0.39, 0.29) is 0 Å². The van der Waals surface area contributed by atoms with Gasteiger partial charge in [0.25, 0.3) is 0 Å². The van der Waals surface area contributed by atoms with Crippen LogP contribution >= 0.6 is 43.5 Å². The van der Waals surface area contributed by atoms with E-state index in [0.717, 1.165) is 20.1 Å². The van der Waals surface area contributed by atoms with Crippen molar-refractivity contribution in [2.24, 2.45) is 0 Å². The van der Waals surface area contributed by atoms with Crippen molar-refractivity contribution in [2.75, 3.05) is 0 Å². The van der Waals surface area contributed by atoms with E-state index in [1.165, 1.54) is 0 Å². The maximum absolute atomic E-state index is 10.2. The fourth-order valence-corrected chi connectivity index (χ4v) is 3.01. The molecule has 2 rings (SSSR count). The number of hydrogen-bond acceptors (Lipinski definition) is 1. The summed E-state index contributed by atoms with van der Waals surface area (Å²) in [6.45, 7) is 0. The Morgan fingerprint density at radius 1 is 1.06 bits per heavy atom.